The molecular formula is C19H21NO3. The third-order valence-corrected chi connectivity index (χ3v) is 3.72. The van der Waals surface area contributed by atoms with Crippen molar-refractivity contribution >= 4 is 23.1 Å². The summed E-state index contributed by atoms with van der Waals surface area (Å²) in [5, 5.41) is 4.52. The maximum atomic E-state index is 11.1. The summed E-state index contributed by atoms with van der Waals surface area (Å²) in [4.78, 5) is 21.1. The van der Waals surface area contributed by atoms with Gasteiger partial charge in [0.1, 0.15) is 5.75 Å². The Kier molecular flexibility index (Phi) is 6.36. The SMILES string of the molecule is COc1ccc2cccc(CCCC/C=C/C(=O)NC=O)c2c1. The molecule has 2 amide bonds. The predicted molar refractivity (Wildman–Crippen MR) is 91.4 cm³/mol. The van der Waals surface area contributed by atoms with Gasteiger partial charge in [-0.25, -0.2) is 0 Å². The number of rotatable bonds is 8. The van der Waals surface area contributed by atoms with Crippen LogP contribution < -0.4 is 10.1 Å². The Morgan fingerprint density at radius 2 is 2.09 bits per heavy atom. The van der Waals surface area contributed by atoms with E-state index in [1.807, 2.05) is 6.07 Å². The van der Waals surface area contributed by atoms with Gasteiger partial charge in [0, 0.05) is 0 Å². The summed E-state index contributed by atoms with van der Waals surface area (Å²) in [5.74, 6) is 0.496. The van der Waals surface area contributed by atoms with Gasteiger partial charge in [0.2, 0.25) is 12.3 Å². The Balaban J connectivity index is 1.89. The van der Waals surface area contributed by atoms with Crippen molar-refractivity contribution in [2.45, 2.75) is 25.7 Å². The van der Waals surface area contributed by atoms with Gasteiger partial charge in [-0.1, -0.05) is 30.3 Å². The van der Waals surface area contributed by atoms with E-state index >= 15 is 0 Å². The monoisotopic (exact) mass is 311 g/mol. The summed E-state index contributed by atoms with van der Waals surface area (Å²) in [6.07, 6.45) is 7.42. The summed E-state index contributed by atoms with van der Waals surface area (Å²) in [7, 11) is 1.68. The topological polar surface area (TPSA) is 55.4 Å². The number of amides is 2. The van der Waals surface area contributed by atoms with Crippen LogP contribution in [-0.2, 0) is 16.0 Å². The van der Waals surface area contributed by atoms with Crippen molar-refractivity contribution in [3.05, 3.63) is 54.1 Å². The predicted octanol–water partition coefficient (Wildman–Crippen LogP) is 3.39. The lowest BCUT2D eigenvalue weighted by Crippen LogP contribution is -2.18. The summed E-state index contributed by atoms with van der Waals surface area (Å²) in [6, 6.07) is 12.5. The molecule has 120 valence electrons. The molecule has 23 heavy (non-hydrogen) atoms. The van der Waals surface area contributed by atoms with Gasteiger partial charge in [-0.3, -0.25) is 14.9 Å². The minimum atomic E-state index is -0.374. The number of imide groups is 1. The van der Waals surface area contributed by atoms with Crippen LogP contribution in [0.5, 0.6) is 5.75 Å². The van der Waals surface area contributed by atoms with Gasteiger partial charge in [-0.15, -0.1) is 0 Å². The molecule has 0 aliphatic heterocycles. The van der Waals surface area contributed by atoms with E-state index < -0.39 is 0 Å². The Bertz CT molecular complexity index is 707. The van der Waals surface area contributed by atoms with Gasteiger partial charge in [-0.05, 0) is 60.2 Å². The molecule has 2 aromatic carbocycles. The number of hydrogen-bond acceptors (Lipinski definition) is 3. The zero-order valence-corrected chi connectivity index (χ0v) is 13.2. The number of allylic oxidation sites excluding steroid dienone is 1. The maximum Gasteiger partial charge on any atom is 0.250 e. The van der Waals surface area contributed by atoms with Crippen molar-refractivity contribution < 1.29 is 14.3 Å². The number of carbonyl (C=O) groups is 2. The van der Waals surface area contributed by atoms with E-state index in [1.165, 1.54) is 22.4 Å². The van der Waals surface area contributed by atoms with E-state index in [1.54, 1.807) is 13.2 Å². The Hall–Kier alpha value is -2.62. The Morgan fingerprint density at radius 3 is 2.87 bits per heavy atom. The number of carbonyl (C=O) groups excluding carboxylic acids is 2. The average Bonchev–Trinajstić information content (AvgIpc) is 2.57. The highest BCUT2D eigenvalue weighted by molar-refractivity contribution is 5.94. The van der Waals surface area contributed by atoms with Crippen LogP contribution in [0.4, 0.5) is 0 Å². The Labute approximate surface area is 136 Å². The van der Waals surface area contributed by atoms with E-state index in [0.29, 0.717) is 6.41 Å². The van der Waals surface area contributed by atoms with Crippen molar-refractivity contribution in [3.8, 4) is 5.75 Å². The highest BCUT2D eigenvalue weighted by atomic mass is 16.5. The molecular weight excluding hydrogens is 290 g/mol. The first kappa shape index (κ1) is 16.7. The van der Waals surface area contributed by atoms with E-state index in [2.05, 4.69) is 35.6 Å². The fraction of sp³-hybridized carbons (Fsp3) is 0.263. The van der Waals surface area contributed by atoms with Crippen LogP contribution >= 0.6 is 0 Å². The standard InChI is InChI=1S/C19H21NO3/c1-23-17-12-11-16-9-6-8-15(18(16)13-17)7-4-2-3-5-10-19(22)20-14-21/h5-6,8-14H,2-4,7H2,1H3,(H,20,21,22)/b10-5+. The smallest absolute Gasteiger partial charge is 0.250 e. The molecule has 0 spiro atoms. The van der Waals surface area contributed by atoms with Crippen molar-refractivity contribution in [2.75, 3.05) is 7.11 Å². The van der Waals surface area contributed by atoms with E-state index in [4.69, 9.17) is 4.74 Å². The zero-order valence-electron chi connectivity index (χ0n) is 13.2. The number of aryl methyl sites for hydroxylation is 1. The van der Waals surface area contributed by atoms with E-state index in [0.717, 1.165) is 31.4 Å². The fourth-order valence-electron chi connectivity index (χ4n) is 2.54. The molecule has 0 heterocycles. The Morgan fingerprint density at radius 1 is 1.22 bits per heavy atom. The highest BCUT2D eigenvalue weighted by Crippen LogP contribution is 2.25. The number of nitrogens with one attached hydrogen (secondary N) is 1. The van der Waals surface area contributed by atoms with Gasteiger partial charge in [0.25, 0.3) is 0 Å². The average molecular weight is 311 g/mol. The molecule has 2 aromatic rings. The van der Waals surface area contributed by atoms with Crippen LogP contribution in [0.1, 0.15) is 24.8 Å². The normalized spacial score (nSPS) is 10.8. The molecule has 0 saturated heterocycles. The van der Waals surface area contributed by atoms with Gasteiger partial charge in [0.05, 0.1) is 7.11 Å². The van der Waals surface area contributed by atoms with Crippen LogP contribution in [0, 0.1) is 0 Å². The lowest BCUT2D eigenvalue weighted by molar-refractivity contribution is -0.121. The minimum absolute atomic E-state index is 0.374. The van der Waals surface area contributed by atoms with Gasteiger partial charge in [-0.2, -0.15) is 0 Å². The quantitative estimate of drug-likeness (QED) is 0.462. The van der Waals surface area contributed by atoms with Gasteiger partial charge >= 0.3 is 0 Å². The molecule has 0 unspecified atom stereocenters. The molecule has 0 radical (unpaired) electrons. The lowest BCUT2D eigenvalue weighted by Gasteiger charge is -2.08. The van der Waals surface area contributed by atoms with Crippen molar-refractivity contribution in [2.24, 2.45) is 0 Å². The number of benzene rings is 2. The molecule has 4 nitrogen and oxygen atoms in total. The summed E-state index contributed by atoms with van der Waals surface area (Å²) in [6.45, 7) is 0. The molecule has 4 heteroatoms. The highest BCUT2D eigenvalue weighted by Gasteiger charge is 2.02. The number of hydrogen-bond donors (Lipinski definition) is 1. The molecule has 0 bridgehead atoms. The number of methoxy groups -OCH3 is 1. The van der Waals surface area contributed by atoms with Gasteiger partial charge < -0.3 is 4.74 Å². The van der Waals surface area contributed by atoms with Crippen molar-refractivity contribution in [1.82, 2.24) is 5.32 Å². The third-order valence-electron chi connectivity index (χ3n) is 3.72. The van der Waals surface area contributed by atoms with Crippen LogP contribution in [0.2, 0.25) is 0 Å². The molecule has 0 aromatic heterocycles. The van der Waals surface area contributed by atoms with Crippen molar-refractivity contribution in [1.29, 1.82) is 0 Å². The first-order valence-corrected chi connectivity index (χ1v) is 7.71. The second-order valence-corrected chi connectivity index (χ2v) is 5.28. The van der Waals surface area contributed by atoms with Crippen LogP contribution in [0.25, 0.3) is 10.8 Å². The molecule has 1 N–H and O–H groups in total. The van der Waals surface area contributed by atoms with Crippen LogP contribution in [0.3, 0.4) is 0 Å². The second kappa shape index (κ2) is 8.73. The summed E-state index contributed by atoms with van der Waals surface area (Å²) >= 11 is 0. The molecule has 0 aliphatic carbocycles. The first-order valence-electron chi connectivity index (χ1n) is 7.71. The lowest BCUT2D eigenvalue weighted by atomic mass is 9.99. The molecule has 0 saturated carbocycles. The molecule has 0 aliphatic rings. The van der Waals surface area contributed by atoms with Crippen LogP contribution in [-0.4, -0.2) is 19.4 Å². The van der Waals surface area contributed by atoms with E-state index in [-0.39, 0.29) is 5.91 Å². The molecule has 2 rings (SSSR count). The summed E-state index contributed by atoms with van der Waals surface area (Å²) in [5.41, 5.74) is 1.31. The summed E-state index contributed by atoms with van der Waals surface area (Å²) < 4.78 is 5.31. The third kappa shape index (κ3) is 4.95. The zero-order chi connectivity index (χ0) is 16.5. The number of ether oxygens (including phenoxy) is 1. The number of unbranched alkanes of at least 4 members (excludes halogenated alkanes) is 2. The fourth-order valence-corrected chi connectivity index (χ4v) is 2.54. The second-order valence-electron chi connectivity index (χ2n) is 5.28. The first-order chi connectivity index (χ1) is 11.2. The molecule has 0 fully saturated rings. The maximum absolute atomic E-state index is 11.1. The van der Waals surface area contributed by atoms with Crippen molar-refractivity contribution in [3.63, 3.8) is 0 Å². The molecule has 0 atom stereocenters. The number of fused-ring (bicyclic) bond motifs is 1. The van der Waals surface area contributed by atoms with Gasteiger partial charge in [0.15, 0.2) is 0 Å². The largest absolute Gasteiger partial charge is 0.497 e. The minimum Gasteiger partial charge on any atom is -0.497 e. The van der Waals surface area contributed by atoms with Crippen LogP contribution in [0.15, 0.2) is 48.6 Å². The van der Waals surface area contributed by atoms with E-state index in [9.17, 15) is 9.59 Å².